The maximum Gasteiger partial charge on any atom is 0.164 e. The molecule has 2 aromatic rings. The number of hydrogen-bond donors (Lipinski definition) is 1. The lowest BCUT2D eigenvalue weighted by molar-refractivity contribution is 0.347. The van der Waals surface area contributed by atoms with Gasteiger partial charge >= 0.3 is 0 Å². The van der Waals surface area contributed by atoms with Crippen molar-refractivity contribution in [3.63, 3.8) is 0 Å². The molecule has 0 radical (unpaired) electrons. The molecule has 0 aliphatic carbocycles. The van der Waals surface area contributed by atoms with Gasteiger partial charge in [0.2, 0.25) is 0 Å². The van der Waals surface area contributed by atoms with Gasteiger partial charge in [0.05, 0.1) is 27.4 Å². The zero-order chi connectivity index (χ0) is 15.4. The average molecular weight is 307 g/mol. The highest BCUT2D eigenvalue weighted by molar-refractivity contribution is 7.12. The molecule has 1 atom stereocenters. The van der Waals surface area contributed by atoms with Gasteiger partial charge < -0.3 is 19.9 Å². The molecule has 1 heterocycles. The third-order valence-electron chi connectivity index (χ3n) is 3.41. The Morgan fingerprint density at radius 3 is 2.14 bits per heavy atom. The minimum Gasteiger partial charge on any atom is -0.496 e. The minimum absolute atomic E-state index is 0.245. The Balaban J connectivity index is 2.45. The van der Waals surface area contributed by atoms with Crippen LogP contribution < -0.4 is 19.9 Å². The normalized spacial score (nSPS) is 12.0. The van der Waals surface area contributed by atoms with Gasteiger partial charge in [-0.25, -0.2) is 0 Å². The van der Waals surface area contributed by atoms with Crippen molar-refractivity contribution in [1.82, 2.24) is 0 Å². The second-order valence-corrected chi connectivity index (χ2v) is 5.78. The van der Waals surface area contributed by atoms with Crippen molar-refractivity contribution in [3.8, 4) is 17.2 Å². The smallest absolute Gasteiger partial charge is 0.164 e. The van der Waals surface area contributed by atoms with Crippen molar-refractivity contribution in [2.24, 2.45) is 5.73 Å². The molecular weight excluding hydrogens is 286 g/mol. The summed E-state index contributed by atoms with van der Waals surface area (Å²) in [6, 6.07) is 7.64. The largest absolute Gasteiger partial charge is 0.496 e. The fourth-order valence-corrected chi connectivity index (χ4v) is 3.17. The summed E-state index contributed by atoms with van der Waals surface area (Å²) in [5.74, 6) is 1.98. The predicted molar refractivity (Wildman–Crippen MR) is 85.8 cm³/mol. The standard InChI is InChI=1S/C16H21NO3S/c1-5-10-6-7-15(21-10)16(17)11-8-13(19-3)14(20-4)9-12(11)18-2/h6-9,16H,5,17H2,1-4H3. The van der Waals surface area contributed by atoms with Gasteiger partial charge in [0, 0.05) is 21.4 Å². The molecule has 0 saturated heterocycles. The molecule has 21 heavy (non-hydrogen) atoms. The SMILES string of the molecule is CCc1ccc(C(N)c2cc(OC)c(OC)cc2OC)s1. The molecule has 0 aliphatic rings. The second kappa shape index (κ2) is 6.83. The van der Waals surface area contributed by atoms with Crippen LogP contribution in [0.1, 0.15) is 28.3 Å². The van der Waals surface area contributed by atoms with Gasteiger partial charge in [-0.1, -0.05) is 6.92 Å². The Labute approximate surface area is 129 Å². The van der Waals surface area contributed by atoms with Crippen LogP contribution in [0.25, 0.3) is 0 Å². The summed E-state index contributed by atoms with van der Waals surface area (Å²) in [6.45, 7) is 2.14. The Hall–Kier alpha value is -1.72. The van der Waals surface area contributed by atoms with E-state index in [0.717, 1.165) is 16.9 Å². The third kappa shape index (κ3) is 3.14. The van der Waals surface area contributed by atoms with E-state index in [2.05, 4.69) is 19.1 Å². The van der Waals surface area contributed by atoms with Crippen LogP contribution in [0.15, 0.2) is 24.3 Å². The molecule has 1 aromatic heterocycles. The molecule has 2 N–H and O–H groups in total. The van der Waals surface area contributed by atoms with Crippen LogP contribution in [0.4, 0.5) is 0 Å². The fourth-order valence-electron chi connectivity index (χ4n) is 2.20. The summed E-state index contributed by atoms with van der Waals surface area (Å²) >= 11 is 1.73. The van der Waals surface area contributed by atoms with Crippen molar-refractivity contribution in [3.05, 3.63) is 39.6 Å². The molecule has 1 aromatic carbocycles. The van der Waals surface area contributed by atoms with E-state index in [1.165, 1.54) is 4.88 Å². The highest BCUT2D eigenvalue weighted by Crippen LogP contribution is 2.39. The molecule has 1 unspecified atom stereocenters. The molecule has 2 rings (SSSR count). The van der Waals surface area contributed by atoms with E-state index in [1.54, 1.807) is 32.7 Å². The fraction of sp³-hybridized carbons (Fsp3) is 0.375. The summed E-state index contributed by atoms with van der Waals surface area (Å²) in [5, 5.41) is 0. The molecule has 4 nitrogen and oxygen atoms in total. The number of nitrogens with two attached hydrogens (primary N) is 1. The van der Waals surface area contributed by atoms with E-state index < -0.39 is 0 Å². The maximum absolute atomic E-state index is 6.41. The number of aryl methyl sites for hydroxylation is 1. The van der Waals surface area contributed by atoms with Gasteiger partial charge in [-0.3, -0.25) is 0 Å². The molecule has 0 amide bonds. The zero-order valence-electron chi connectivity index (χ0n) is 12.8. The van der Waals surface area contributed by atoms with E-state index in [4.69, 9.17) is 19.9 Å². The summed E-state index contributed by atoms with van der Waals surface area (Å²) < 4.78 is 16.1. The lowest BCUT2D eigenvalue weighted by Gasteiger charge is -2.18. The highest BCUT2D eigenvalue weighted by Gasteiger charge is 2.19. The van der Waals surface area contributed by atoms with Gasteiger partial charge in [0.25, 0.3) is 0 Å². The first-order valence-corrected chi connectivity index (χ1v) is 7.60. The molecule has 0 aliphatic heterocycles. The Morgan fingerprint density at radius 2 is 1.62 bits per heavy atom. The third-order valence-corrected chi connectivity index (χ3v) is 4.72. The van der Waals surface area contributed by atoms with Crippen LogP contribution >= 0.6 is 11.3 Å². The molecule has 0 spiro atoms. The quantitative estimate of drug-likeness (QED) is 0.889. The van der Waals surface area contributed by atoms with Crippen LogP contribution in [0, 0.1) is 0 Å². The van der Waals surface area contributed by atoms with Gasteiger partial charge in [-0.05, 0) is 24.6 Å². The zero-order valence-corrected chi connectivity index (χ0v) is 13.6. The second-order valence-electron chi connectivity index (χ2n) is 4.58. The Bertz CT molecular complexity index is 610. The van der Waals surface area contributed by atoms with E-state index >= 15 is 0 Å². The summed E-state index contributed by atoms with van der Waals surface area (Å²) in [6.07, 6.45) is 1.01. The first-order chi connectivity index (χ1) is 10.1. The summed E-state index contributed by atoms with van der Waals surface area (Å²) in [5.41, 5.74) is 7.30. The van der Waals surface area contributed by atoms with Crippen LogP contribution in [-0.2, 0) is 6.42 Å². The number of ether oxygens (including phenoxy) is 3. The van der Waals surface area contributed by atoms with Crippen molar-refractivity contribution >= 4 is 11.3 Å². The van der Waals surface area contributed by atoms with Crippen LogP contribution in [0.3, 0.4) is 0 Å². The lowest BCUT2D eigenvalue weighted by Crippen LogP contribution is -2.12. The number of rotatable bonds is 6. The van der Waals surface area contributed by atoms with Gasteiger partial charge in [0.15, 0.2) is 11.5 Å². The van der Waals surface area contributed by atoms with E-state index in [9.17, 15) is 0 Å². The Morgan fingerprint density at radius 1 is 1.00 bits per heavy atom. The predicted octanol–water partition coefficient (Wildman–Crippen LogP) is 3.38. The van der Waals surface area contributed by atoms with Crippen molar-refractivity contribution in [2.75, 3.05) is 21.3 Å². The number of methoxy groups -OCH3 is 3. The molecule has 114 valence electrons. The van der Waals surface area contributed by atoms with Gasteiger partial charge in [-0.2, -0.15) is 0 Å². The summed E-state index contributed by atoms with van der Waals surface area (Å²) in [7, 11) is 4.84. The first-order valence-electron chi connectivity index (χ1n) is 6.78. The van der Waals surface area contributed by atoms with Crippen molar-refractivity contribution in [2.45, 2.75) is 19.4 Å². The molecule has 5 heteroatoms. The highest BCUT2D eigenvalue weighted by atomic mass is 32.1. The maximum atomic E-state index is 6.41. The van der Waals surface area contributed by atoms with Crippen molar-refractivity contribution in [1.29, 1.82) is 0 Å². The van der Waals surface area contributed by atoms with E-state index in [1.807, 2.05) is 12.1 Å². The summed E-state index contributed by atoms with van der Waals surface area (Å²) in [4.78, 5) is 2.43. The lowest BCUT2D eigenvalue weighted by atomic mass is 10.0. The molecule has 0 bridgehead atoms. The van der Waals surface area contributed by atoms with Crippen LogP contribution in [-0.4, -0.2) is 21.3 Å². The van der Waals surface area contributed by atoms with Crippen molar-refractivity contribution < 1.29 is 14.2 Å². The van der Waals surface area contributed by atoms with E-state index in [0.29, 0.717) is 17.2 Å². The van der Waals surface area contributed by atoms with Crippen LogP contribution in [0.2, 0.25) is 0 Å². The van der Waals surface area contributed by atoms with Crippen LogP contribution in [0.5, 0.6) is 17.2 Å². The van der Waals surface area contributed by atoms with E-state index in [-0.39, 0.29) is 6.04 Å². The monoisotopic (exact) mass is 307 g/mol. The first kappa shape index (κ1) is 15.7. The molecule has 0 saturated carbocycles. The number of benzene rings is 1. The van der Waals surface area contributed by atoms with Gasteiger partial charge in [-0.15, -0.1) is 11.3 Å². The number of hydrogen-bond acceptors (Lipinski definition) is 5. The van der Waals surface area contributed by atoms with Gasteiger partial charge in [0.1, 0.15) is 5.75 Å². The topological polar surface area (TPSA) is 53.7 Å². The average Bonchev–Trinajstić information content (AvgIpc) is 3.01. The minimum atomic E-state index is -0.245. The Kier molecular flexibility index (Phi) is 5.09. The molecule has 0 fully saturated rings. The number of thiophene rings is 1. The molecular formula is C16H21NO3S.